The van der Waals surface area contributed by atoms with Gasteiger partial charge < -0.3 is 15.1 Å². The maximum Gasteiger partial charge on any atom is 0.324 e. The maximum absolute atomic E-state index is 12.8. The van der Waals surface area contributed by atoms with Gasteiger partial charge in [0.15, 0.2) is 0 Å². The van der Waals surface area contributed by atoms with Crippen LogP contribution in [-0.2, 0) is 0 Å². The van der Waals surface area contributed by atoms with E-state index in [-0.39, 0.29) is 11.9 Å². The van der Waals surface area contributed by atoms with Crippen LogP contribution in [0.15, 0.2) is 61.1 Å². The molecule has 174 valence electrons. The minimum atomic E-state index is -0.0219. The van der Waals surface area contributed by atoms with E-state index < -0.39 is 0 Å². The van der Waals surface area contributed by atoms with Crippen molar-refractivity contribution in [3.63, 3.8) is 0 Å². The number of rotatable bonds is 7. The van der Waals surface area contributed by atoms with Gasteiger partial charge in [0.1, 0.15) is 5.82 Å². The van der Waals surface area contributed by atoms with E-state index in [9.17, 15) is 9.59 Å². The molecule has 0 bridgehead atoms. The van der Waals surface area contributed by atoms with Gasteiger partial charge in [-0.1, -0.05) is 12.1 Å². The van der Waals surface area contributed by atoms with E-state index in [4.69, 9.17) is 0 Å². The quantitative estimate of drug-likeness (QED) is 0.575. The number of pyridine rings is 2. The molecule has 8 heteroatoms. The van der Waals surface area contributed by atoms with Gasteiger partial charge in [-0.05, 0) is 54.7 Å². The average molecular weight is 457 g/mol. The fraction of sp³-hybridized carbons (Fsp3) is 0.308. The van der Waals surface area contributed by atoms with Gasteiger partial charge in [-0.2, -0.15) is 0 Å². The summed E-state index contributed by atoms with van der Waals surface area (Å²) in [5.74, 6) is 1.35. The van der Waals surface area contributed by atoms with E-state index in [0.717, 1.165) is 35.6 Å². The molecule has 34 heavy (non-hydrogen) atoms. The molecule has 8 nitrogen and oxygen atoms in total. The lowest BCUT2D eigenvalue weighted by Crippen LogP contribution is -2.33. The van der Waals surface area contributed by atoms with Crippen molar-refractivity contribution >= 4 is 29.1 Å². The lowest BCUT2D eigenvalue weighted by Gasteiger charge is -2.19. The highest BCUT2D eigenvalue weighted by molar-refractivity contribution is 5.95. The second-order valence-corrected chi connectivity index (χ2v) is 9.09. The van der Waals surface area contributed by atoms with Crippen LogP contribution in [0.1, 0.15) is 23.2 Å². The predicted molar refractivity (Wildman–Crippen MR) is 132 cm³/mol. The van der Waals surface area contributed by atoms with Gasteiger partial charge in [-0.15, -0.1) is 0 Å². The Kier molecular flexibility index (Phi) is 5.88. The summed E-state index contributed by atoms with van der Waals surface area (Å²) in [6.45, 7) is 2.31. The molecular formula is C26H28N6O2. The second kappa shape index (κ2) is 9.13. The number of carbonyl (C=O) groups excluding carboxylic acids is 2. The van der Waals surface area contributed by atoms with Crippen molar-refractivity contribution in [3.8, 4) is 11.1 Å². The van der Waals surface area contributed by atoms with Crippen LogP contribution in [0.2, 0.25) is 0 Å². The molecule has 2 aromatic heterocycles. The number of anilines is 3. The normalized spacial score (nSPS) is 15.5. The Balaban J connectivity index is 1.25. The molecule has 0 atom stereocenters. The van der Waals surface area contributed by atoms with Crippen molar-refractivity contribution in [1.82, 2.24) is 19.8 Å². The molecule has 1 N–H and O–H groups in total. The molecule has 0 spiro atoms. The average Bonchev–Trinajstić information content (AvgIpc) is 3.60. The Morgan fingerprint density at radius 2 is 1.79 bits per heavy atom. The highest BCUT2D eigenvalue weighted by atomic mass is 16.2. The summed E-state index contributed by atoms with van der Waals surface area (Å²) in [5.41, 5.74) is 4.16. The van der Waals surface area contributed by atoms with Gasteiger partial charge in [0.05, 0.1) is 23.8 Å². The summed E-state index contributed by atoms with van der Waals surface area (Å²) in [6, 6.07) is 13.4. The van der Waals surface area contributed by atoms with E-state index in [1.165, 1.54) is 12.8 Å². The van der Waals surface area contributed by atoms with Crippen LogP contribution in [-0.4, -0.2) is 65.4 Å². The molecule has 3 amide bonds. The molecular weight excluding hydrogens is 428 g/mol. The van der Waals surface area contributed by atoms with Crippen molar-refractivity contribution in [1.29, 1.82) is 0 Å². The van der Waals surface area contributed by atoms with Crippen LogP contribution < -0.4 is 10.2 Å². The Hall–Kier alpha value is -3.94. The fourth-order valence-electron chi connectivity index (χ4n) is 4.10. The summed E-state index contributed by atoms with van der Waals surface area (Å²) in [7, 11) is 3.48. The van der Waals surface area contributed by atoms with Crippen LogP contribution in [0.4, 0.5) is 22.0 Å². The standard InChI is InChI=1S/C26H28N6O2/c1-30(2)25(33)20-7-5-19(6-8-20)21-9-10-24(28-14-21)29-22-13-23(16-27-15-22)32-12-11-31(26(32)34)17-18-3-4-18/h5-10,13-16,18H,3-4,11-12,17H2,1-2H3,(H,28,29). The van der Waals surface area contributed by atoms with Gasteiger partial charge >= 0.3 is 6.03 Å². The minimum absolute atomic E-state index is 0.0219. The van der Waals surface area contributed by atoms with Crippen molar-refractivity contribution in [2.45, 2.75) is 12.8 Å². The third-order valence-electron chi connectivity index (χ3n) is 6.21. The van der Waals surface area contributed by atoms with Crippen LogP contribution in [0, 0.1) is 5.92 Å². The molecule has 0 unspecified atom stereocenters. The number of nitrogens with one attached hydrogen (secondary N) is 1. The minimum Gasteiger partial charge on any atom is -0.345 e. The van der Waals surface area contributed by atoms with Crippen LogP contribution >= 0.6 is 0 Å². The van der Waals surface area contributed by atoms with Gasteiger partial charge in [0.25, 0.3) is 5.91 Å². The van der Waals surface area contributed by atoms with E-state index in [1.807, 2.05) is 47.4 Å². The van der Waals surface area contributed by atoms with E-state index in [2.05, 4.69) is 15.3 Å². The zero-order chi connectivity index (χ0) is 23.7. The summed E-state index contributed by atoms with van der Waals surface area (Å²) in [4.78, 5) is 39.0. The number of carbonyl (C=O) groups is 2. The second-order valence-electron chi connectivity index (χ2n) is 9.09. The molecule has 1 saturated heterocycles. The molecule has 2 fully saturated rings. The molecule has 1 aliphatic carbocycles. The number of hydrogen-bond acceptors (Lipinski definition) is 5. The van der Waals surface area contributed by atoms with E-state index >= 15 is 0 Å². The summed E-state index contributed by atoms with van der Waals surface area (Å²) >= 11 is 0. The SMILES string of the molecule is CN(C)C(=O)c1ccc(-c2ccc(Nc3cncc(N4CCN(CC5CC5)C4=O)c3)nc2)cc1. The van der Waals surface area contributed by atoms with Crippen molar-refractivity contribution in [2.75, 3.05) is 43.9 Å². The van der Waals surface area contributed by atoms with E-state index in [0.29, 0.717) is 23.8 Å². The molecule has 1 aromatic carbocycles. The first-order valence-corrected chi connectivity index (χ1v) is 11.5. The summed E-state index contributed by atoms with van der Waals surface area (Å²) in [6.07, 6.45) is 7.71. The first-order valence-electron chi connectivity index (χ1n) is 11.5. The van der Waals surface area contributed by atoms with Crippen LogP contribution in [0.5, 0.6) is 0 Å². The topological polar surface area (TPSA) is 81.7 Å². The smallest absolute Gasteiger partial charge is 0.324 e. The number of benzene rings is 1. The molecule has 5 rings (SSSR count). The van der Waals surface area contributed by atoms with Crippen molar-refractivity contribution < 1.29 is 9.59 Å². The number of nitrogens with zero attached hydrogens (tertiary/aromatic N) is 5. The van der Waals surface area contributed by atoms with Gasteiger partial charge in [0.2, 0.25) is 0 Å². The Bertz CT molecular complexity index is 1190. The highest BCUT2D eigenvalue weighted by Gasteiger charge is 2.34. The molecule has 3 aromatic rings. The summed E-state index contributed by atoms with van der Waals surface area (Å²) in [5, 5.41) is 3.28. The number of hydrogen-bond donors (Lipinski definition) is 1. The first-order chi connectivity index (χ1) is 16.5. The first kappa shape index (κ1) is 21.9. The summed E-state index contributed by atoms with van der Waals surface area (Å²) < 4.78 is 0. The number of aromatic nitrogens is 2. The number of urea groups is 1. The largest absolute Gasteiger partial charge is 0.345 e. The fourth-order valence-corrected chi connectivity index (χ4v) is 4.10. The van der Waals surface area contributed by atoms with Crippen LogP contribution in [0.3, 0.4) is 0 Å². The zero-order valence-corrected chi connectivity index (χ0v) is 19.4. The highest BCUT2D eigenvalue weighted by Crippen LogP contribution is 2.32. The van der Waals surface area contributed by atoms with Crippen LogP contribution in [0.25, 0.3) is 11.1 Å². The molecule has 0 radical (unpaired) electrons. The molecule has 1 aliphatic heterocycles. The number of amides is 3. The zero-order valence-electron chi connectivity index (χ0n) is 19.4. The maximum atomic E-state index is 12.8. The molecule has 2 aliphatic rings. The Morgan fingerprint density at radius 3 is 2.47 bits per heavy atom. The van der Waals surface area contributed by atoms with Gasteiger partial charge in [0, 0.05) is 51.1 Å². The Morgan fingerprint density at radius 1 is 1.03 bits per heavy atom. The van der Waals surface area contributed by atoms with Crippen molar-refractivity contribution in [2.24, 2.45) is 5.92 Å². The lowest BCUT2D eigenvalue weighted by molar-refractivity contribution is 0.0827. The van der Waals surface area contributed by atoms with Gasteiger partial charge in [-0.3, -0.25) is 14.7 Å². The third-order valence-corrected chi connectivity index (χ3v) is 6.21. The monoisotopic (exact) mass is 456 g/mol. The molecule has 3 heterocycles. The lowest BCUT2D eigenvalue weighted by atomic mass is 10.1. The van der Waals surface area contributed by atoms with Gasteiger partial charge in [-0.25, -0.2) is 9.78 Å². The van der Waals surface area contributed by atoms with E-state index in [1.54, 1.807) is 42.5 Å². The Labute approximate surface area is 199 Å². The molecule has 1 saturated carbocycles. The third kappa shape index (κ3) is 4.71. The van der Waals surface area contributed by atoms with Crippen molar-refractivity contribution in [3.05, 3.63) is 66.6 Å². The predicted octanol–water partition coefficient (Wildman–Crippen LogP) is 4.24.